The van der Waals surface area contributed by atoms with E-state index in [1.165, 1.54) is 12.3 Å². The molecule has 2 heterocycles. The third-order valence-corrected chi connectivity index (χ3v) is 4.32. The Labute approximate surface area is 164 Å². The van der Waals surface area contributed by atoms with Crippen molar-refractivity contribution in [2.75, 3.05) is 0 Å². The minimum atomic E-state index is -0.488. The molecular formula is C21H15N3O5. The van der Waals surface area contributed by atoms with Crippen molar-refractivity contribution in [1.82, 2.24) is 5.43 Å². The molecule has 0 spiro atoms. The number of hydrazone groups is 1. The maximum Gasteiger partial charge on any atom is 0.307 e. The van der Waals surface area contributed by atoms with Gasteiger partial charge in [0.25, 0.3) is 5.69 Å². The average Bonchev–Trinajstić information content (AvgIpc) is 3.35. The number of rotatable bonds is 5. The van der Waals surface area contributed by atoms with E-state index in [1.54, 1.807) is 43.3 Å². The zero-order chi connectivity index (χ0) is 20.4. The van der Waals surface area contributed by atoms with Gasteiger partial charge < -0.3 is 8.83 Å². The lowest BCUT2D eigenvalue weighted by molar-refractivity contribution is -0.385. The van der Waals surface area contributed by atoms with Crippen LogP contribution in [0.15, 0.2) is 74.6 Å². The molecule has 8 nitrogen and oxygen atoms in total. The molecule has 144 valence electrons. The minimum absolute atomic E-state index is 0.0206. The fourth-order valence-corrected chi connectivity index (χ4v) is 2.84. The first kappa shape index (κ1) is 18.2. The molecule has 0 aliphatic carbocycles. The lowest BCUT2D eigenvalue weighted by atomic mass is 10.1. The van der Waals surface area contributed by atoms with Gasteiger partial charge >= 0.3 is 5.91 Å². The van der Waals surface area contributed by atoms with Crippen molar-refractivity contribution in [2.45, 2.75) is 6.92 Å². The number of fused-ring (bicyclic) bond motifs is 1. The van der Waals surface area contributed by atoms with Crippen LogP contribution in [0.5, 0.6) is 0 Å². The van der Waals surface area contributed by atoms with E-state index in [1.807, 2.05) is 18.2 Å². The molecular weight excluding hydrogens is 374 g/mol. The Morgan fingerprint density at radius 3 is 2.72 bits per heavy atom. The smallest absolute Gasteiger partial charge is 0.307 e. The van der Waals surface area contributed by atoms with E-state index in [-0.39, 0.29) is 11.4 Å². The first-order chi connectivity index (χ1) is 14.0. The van der Waals surface area contributed by atoms with Crippen molar-refractivity contribution in [3.8, 4) is 11.3 Å². The van der Waals surface area contributed by atoms with Crippen molar-refractivity contribution in [1.29, 1.82) is 0 Å². The quantitative estimate of drug-likeness (QED) is 0.303. The Hall–Kier alpha value is -4.20. The largest absolute Gasteiger partial charge is 0.455 e. The fourth-order valence-electron chi connectivity index (χ4n) is 2.84. The van der Waals surface area contributed by atoms with Crippen LogP contribution in [-0.2, 0) is 0 Å². The molecule has 0 saturated heterocycles. The highest BCUT2D eigenvalue weighted by atomic mass is 16.6. The van der Waals surface area contributed by atoms with Gasteiger partial charge in [-0.3, -0.25) is 14.9 Å². The number of aryl methyl sites for hydroxylation is 1. The molecule has 2 aromatic heterocycles. The number of nitro groups is 1. The van der Waals surface area contributed by atoms with Crippen molar-refractivity contribution in [3.05, 3.63) is 87.9 Å². The maximum atomic E-state index is 12.2. The van der Waals surface area contributed by atoms with Gasteiger partial charge in [0.2, 0.25) is 0 Å². The van der Waals surface area contributed by atoms with Gasteiger partial charge in [0, 0.05) is 22.6 Å². The zero-order valence-corrected chi connectivity index (χ0v) is 15.3. The second kappa shape index (κ2) is 7.43. The highest BCUT2D eigenvalue weighted by Gasteiger charge is 2.14. The monoisotopic (exact) mass is 389 g/mol. The summed E-state index contributed by atoms with van der Waals surface area (Å²) in [5, 5.41) is 15.8. The van der Waals surface area contributed by atoms with Crippen molar-refractivity contribution < 1.29 is 18.6 Å². The SMILES string of the molecule is Cc1ccc(-c2ccc(/C=N/NC(=O)c3cc4ccccc4o3)o2)cc1[N+](=O)[O-]. The fraction of sp³-hybridized carbons (Fsp3) is 0.0476. The van der Waals surface area contributed by atoms with Gasteiger partial charge in [0.15, 0.2) is 5.76 Å². The highest BCUT2D eigenvalue weighted by Crippen LogP contribution is 2.28. The number of benzene rings is 2. The number of hydrogen-bond donors (Lipinski definition) is 1. The topological polar surface area (TPSA) is 111 Å². The number of amides is 1. The molecule has 29 heavy (non-hydrogen) atoms. The van der Waals surface area contributed by atoms with Crippen LogP contribution in [0.1, 0.15) is 21.9 Å². The standard InChI is InChI=1S/C21H15N3O5/c1-13-6-7-15(10-17(13)24(26)27)19-9-8-16(28-19)12-22-23-21(25)20-11-14-4-2-3-5-18(14)29-20/h2-12H,1H3,(H,23,25)/b22-12+. The van der Waals surface area contributed by atoms with Crippen LogP contribution in [0.2, 0.25) is 0 Å². The van der Waals surface area contributed by atoms with E-state index in [0.29, 0.717) is 28.2 Å². The second-order valence-electron chi connectivity index (χ2n) is 6.31. The molecule has 1 amide bonds. The van der Waals surface area contributed by atoms with Crippen LogP contribution in [-0.4, -0.2) is 17.0 Å². The summed E-state index contributed by atoms with van der Waals surface area (Å²) in [5.74, 6) is 0.500. The predicted octanol–water partition coefficient (Wildman–Crippen LogP) is 4.67. The van der Waals surface area contributed by atoms with Crippen molar-refractivity contribution in [2.24, 2.45) is 5.10 Å². The van der Waals surface area contributed by atoms with Crippen LogP contribution < -0.4 is 5.43 Å². The molecule has 0 atom stereocenters. The van der Waals surface area contributed by atoms with Gasteiger partial charge in [0.1, 0.15) is 17.1 Å². The first-order valence-corrected chi connectivity index (χ1v) is 8.68. The van der Waals surface area contributed by atoms with Crippen LogP contribution in [0.25, 0.3) is 22.3 Å². The summed E-state index contributed by atoms with van der Waals surface area (Å²) in [6.07, 6.45) is 1.34. The summed E-state index contributed by atoms with van der Waals surface area (Å²) in [6, 6.07) is 17.1. The summed E-state index contributed by atoms with van der Waals surface area (Å²) < 4.78 is 11.1. The van der Waals surface area contributed by atoms with E-state index < -0.39 is 10.8 Å². The normalized spacial score (nSPS) is 11.2. The number of carbonyl (C=O) groups excluding carboxylic acids is 1. The van der Waals surface area contributed by atoms with E-state index in [2.05, 4.69) is 10.5 Å². The molecule has 4 rings (SSSR count). The van der Waals surface area contributed by atoms with Crippen molar-refractivity contribution >= 4 is 28.8 Å². The Morgan fingerprint density at radius 2 is 1.93 bits per heavy atom. The molecule has 0 unspecified atom stereocenters. The van der Waals surface area contributed by atoms with Crippen LogP contribution in [0.4, 0.5) is 5.69 Å². The summed E-state index contributed by atoms with van der Waals surface area (Å²) in [7, 11) is 0. The average molecular weight is 389 g/mol. The molecule has 1 N–H and O–H groups in total. The third kappa shape index (κ3) is 3.77. The molecule has 0 aliphatic heterocycles. The number of nitro benzene ring substituents is 1. The number of para-hydroxylation sites is 1. The lowest BCUT2D eigenvalue weighted by Crippen LogP contribution is -2.16. The summed E-state index contributed by atoms with van der Waals surface area (Å²) in [4.78, 5) is 22.8. The van der Waals surface area contributed by atoms with Gasteiger partial charge in [-0.25, -0.2) is 5.43 Å². The Balaban J connectivity index is 1.46. The second-order valence-corrected chi connectivity index (χ2v) is 6.31. The minimum Gasteiger partial charge on any atom is -0.455 e. The molecule has 2 aromatic carbocycles. The van der Waals surface area contributed by atoms with E-state index >= 15 is 0 Å². The van der Waals surface area contributed by atoms with Crippen LogP contribution in [0, 0.1) is 17.0 Å². The maximum absolute atomic E-state index is 12.2. The highest BCUT2D eigenvalue weighted by molar-refractivity contribution is 5.96. The Bertz CT molecular complexity index is 1220. The lowest BCUT2D eigenvalue weighted by Gasteiger charge is -2.00. The molecule has 0 saturated carbocycles. The molecule has 4 aromatic rings. The molecule has 0 fully saturated rings. The summed E-state index contributed by atoms with van der Waals surface area (Å²) >= 11 is 0. The van der Waals surface area contributed by atoms with Crippen LogP contribution >= 0.6 is 0 Å². The molecule has 0 bridgehead atoms. The molecule has 8 heteroatoms. The zero-order valence-electron chi connectivity index (χ0n) is 15.3. The summed E-state index contributed by atoms with van der Waals surface area (Å²) in [6.45, 7) is 1.67. The third-order valence-electron chi connectivity index (χ3n) is 4.32. The molecule has 0 aliphatic rings. The number of hydrogen-bond acceptors (Lipinski definition) is 6. The van der Waals surface area contributed by atoms with Gasteiger partial charge in [-0.1, -0.05) is 30.3 Å². The van der Waals surface area contributed by atoms with Gasteiger partial charge in [-0.2, -0.15) is 5.10 Å². The van der Waals surface area contributed by atoms with Gasteiger partial charge in [-0.15, -0.1) is 0 Å². The van der Waals surface area contributed by atoms with Gasteiger partial charge in [-0.05, 0) is 31.2 Å². The number of carbonyl (C=O) groups is 1. The van der Waals surface area contributed by atoms with Crippen molar-refractivity contribution in [3.63, 3.8) is 0 Å². The summed E-state index contributed by atoms with van der Waals surface area (Å²) in [5.41, 5.74) is 4.16. The van der Waals surface area contributed by atoms with E-state index in [0.717, 1.165) is 5.39 Å². The number of furan rings is 2. The molecule has 0 radical (unpaired) electrons. The number of nitrogens with zero attached hydrogens (tertiary/aromatic N) is 2. The van der Waals surface area contributed by atoms with Crippen LogP contribution in [0.3, 0.4) is 0 Å². The van der Waals surface area contributed by atoms with Gasteiger partial charge in [0.05, 0.1) is 11.1 Å². The Morgan fingerprint density at radius 1 is 1.10 bits per heavy atom. The van der Waals surface area contributed by atoms with E-state index in [4.69, 9.17) is 8.83 Å². The first-order valence-electron chi connectivity index (χ1n) is 8.68. The van der Waals surface area contributed by atoms with E-state index in [9.17, 15) is 14.9 Å². The number of nitrogens with one attached hydrogen (secondary N) is 1. The Kier molecular flexibility index (Phi) is 4.66. The predicted molar refractivity (Wildman–Crippen MR) is 107 cm³/mol.